The number of amides is 1. The second kappa shape index (κ2) is 6.89. The number of halogens is 1. The van der Waals surface area contributed by atoms with Gasteiger partial charge in [0.1, 0.15) is 0 Å². The summed E-state index contributed by atoms with van der Waals surface area (Å²) in [7, 11) is 0. The van der Waals surface area contributed by atoms with Crippen LogP contribution in [0.25, 0.3) is 0 Å². The SMILES string of the molecule is CC(NC(=O)CCCCN)c1ccc(Cl)s1. The van der Waals surface area contributed by atoms with Gasteiger partial charge in [-0.15, -0.1) is 11.3 Å². The van der Waals surface area contributed by atoms with Crippen molar-refractivity contribution >= 4 is 28.8 Å². The molecule has 0 aliphatic heterocycles. The second-order valence-electron chi connectivity index (χ2n) is 3.68. The Bertz CT molecular complexity index is 340. The Morgan fingerprint density at radius 2 is 2.31 bits per heavy atom. The highest BCUT2D eigenvalue weighted by Crippen LogP contribution is 2.26. The van der Waals surface area contributed by atoms with Crippen molar-refractivity contribution in [3.63, 3.8) is 0 Å². The number of nitrogens with one attached hydrogen (secondary N) is 1. The number of carbonyl (C=O) groups is 1. The van der Waals surface area contributed by atoms with Crippen LogP contribution in [0.15, 0.2) is 12.1 Å². The lowest BCUT2D eigenvalue weighted by molar-refractivity contribution is -0.121. The number of hydrogen-bond acceptors (Lipinski definition) is 3. The van der Waals surface area contributed by atoms with Gasteiger partial charge in [0.25, 0.3) is 0 Å². The molecule has 0 aliphatic carbocycles. The minimum Gasteiger partial charge on any atom is -0.349 e. The van der Waals surface area contributed by atoms with Crippen molar-refractivity contribution in [3.8, 4) is 0 Å². The molecule has 3 N–H and O–H groups in total. The highest BCUT2D eigenvalue weighted by atomic mass is 35.5. The maximum atomic E-state index is 11.5. The molecule has 0 spiro atoms. The van der Waals surface area contributed by atoms with E-state index in [1.54, 1.807) is 0 Å². The Kier molecular flexibility index (Phi) is 5.80. The minimum absolute atomic E-state index is 0.0304. The van der Waals surface area contributed by atoms with E-state index >= 15 is 0 Å². The van der Waals surface area contributed by atoms with Gasteiger partial charge in [-0.2, -0.15) is 0 Å². The summed E-state index contributed by atoms with van der Waals surface area (Å²) in [4.78, 5) is 12.6. The van der Waals surface area contributed by atoms with Crippen molar-refractivity contribution < 1.29 is 4.79 Å². The van der Waals surface area contributed by atoms with Crippen molar-refractivity contribution in [3.05, 3.63) is 21.3 Å². The first kappa shape index (κ1) is 13.5. The molecule has 1 heterocycles. The summed E-state index contributed by atoms with van der Waals surface area (Å²) in [5, 5.41) is 2.94. The van der Waals surface area contributed by atoms with Crippen LogP contribution in [0.2, 0.25) is 4.34 Å². The van der Waals surface area contributed by atoms with Crippen molar-refractivity contribution in [2.45, 2.75) is 32.2 Å². The van der Waals surface area contributed by atoms with Gasteiger partial charge in [0.2, 0.25) is 5.91 Å². The molecule has 0 aliphatic rings. The second-order valence-corrected chi connectivity index (χ2v) is 5.42. The van der Waals surface area contributed by atoms with Gasteiger partial charge in [-0.1, -0.05) is 11.6 Å². The van der Waals surface area contributed by atoms with Gasteiger partial charge in [-0.25, -0.2) is 0 Å². The molecular formula is C11H17ClN2OS. The number of nitrogens with two attached hydrogens (primary N) is 1. The van der Waals surface area contributed by atoms with Crippen LogP contribution in [0.5, 0.6) is 0 Å². The van der Waals surface area contributed by atoms with Gasteiger partial charge in [0, 0.05) is 11.3 Å². The average molecular weight is 261 g/mol. The van der Waals surface area contributed by atoms with Crippen molar-refractivity contribution in [2.24, 2.45) is 5.73 Å². The first-order chi connectivity index (χ1) is 7.63. The average Bonchev–Trinajstić information content (AvgIpc) is 2.65. The summed E-state index contributed by atoms with van der Waals surface area (Å²) in [6, 6.07) is 3.82. The standard InChI is InChI=1S/C11H17ClN2OS/c1-8(9-5-6-10(12)16-9)14-11(15)4-2-3-7-13/h5-6,8H,2-4,7,13H2,1H3,(H,14,15). The third kappa shape index (κ3) is 4.51. The van der Waals surface area contributed by atoms with Crippen LogP contribution >= 0.6 is 22.9 Å². The number of rotatable bonds is 6. The summed E-state index contributed by atoms with van der Waals surface area (Å²) < 4.78 is 0.749. The Labute approximate surface area is 105 Å². The number of hydrogen-bond donors (Lipinski definition) is 2. The fourth-order valence-electron chi connectivity index (χ4n) is 1.38. The summed E-state index contributed by atoms with van der Waals surface area (Å²) in [6.07, 6.45) is 2.29. The van der Waals surface area contributed by atoms with Crippen molar-refractivity contribution in [1.29, 1.82) is 0 Å². The summed E-state index contributed by atoms with van der Waals surface area (Å²) in [5.41, 5.74) is 5.37. The third-order valence-corrected chi connectivity index (χ3v) is 3.67. The lowest BCUT2D eigenvalue weighted by Crippen LogP contribution is -2.25. The lowest BCUT2D eigenvalue weighted by Gasteiger charge is -2.11. The fraction of sp³-hybridized carbons (Fsp3) is 0.545. The molecule has 0 fully saturated rings. The molecule has 1 aromatic rings. The van der Waals surface area contributed by atoms with E-state index in [1.807, 2.05) is 19.1 Å². The zero-order chi connectivity index (χ0) is 12.0. The van der Waals surface area contributed by atoms with Crippen molar-refractivity contribution in [2.75, 3.05) is 6.54 Å². The van der Waals surface area contributed by atoms with Gasteiger partial charge < -0.3 is 11.1 Å². The van der Waals surface area contributed by atoms with E-state index in [1.165, 1.54) is 11.3 Å². The number of unbranched alkanes of at least 4 members (excludes halogenated alkanes) is 1. The molecule has 1 amide bonds. The van der Waals surface area contributed by atoms with E-state index in [0.717, 1.165) is 22.1 Å². The zero-order valence-electron chi connectivity index (χ0n) is 9.33. The molecular weight excluding hydrogens is 244 g/mol. The number of thiophene rings is 1. The van der Waals surface area contributed by atoms with Gasteiger partial charge in [0.15, 0.2) is 0 Å². The molecule has 0 saturated heterocycles. The minimum atomic E-state index is 0.0304. The first-order valence-electron chi connectivity index (χ1n) is 5.38. The molecule has 1 rings (SSSR count). The van der Waals surface area contributed by atoms with Crippen LogP contribution in [0, 0.1) is 0 Å². The van der Waals surface area contributed by atoms with Crippen LogP contribution < -0.4 is 11.1 Å². The molecule has 0 bridgehead atoms. The van der Waals surface area contributed by atoms with Gasteiger partial charge in [0.05, 0.1) is 10.4 Å². The highest BCUT2D eigenvalue weighted by molar-refractivity contribution is 7.16. The van der Waals surface area contributed by atoms with Crippen LogP contribution in [0.1, 0.15) is 37.1 Å². The predicted octanol–water partition coefficient (Wildman–Crippen LogP) is 2.71. The Morgan fingerprint density at radius 1 is 1.56 bits per heavy atom. The third-order valence-electron chi connectivity index (χ3n) is 2.26. The smallest absolute Gasteiger partial charge is 0.220 e. The highest BCUT2D eigenvalue weighted by Gasteiger charge is 2.10. The first-order valence-corrected chi connectivity index (χ1v) is 6.57. The number of carbonyl (C=O) groups excluding carboxylic acids is 1. The van der Waals surface area contributed by atoms with Gasteiger partial charge >= 0.3 is 0 Å². The van der Waals surface area contributed by atoms with Crippen LogP contribution in [0.4, 0.5) is 0 Å². The summed E-state index contributed by atoms with van der Waals surface area (Å²) >= 11 is 7.33. The molecule has 3 nitrogen and oxygen atoms in total. The van der Waals surface area contributed by atoms with Crippen molar-refractivity contribution in [1.82, 2.24) is 5.32 Å². The normalized spacial score (nSPS) is 12.4. The Balaban J connectivity index is 2.33. The van der Waals surface area contributed by atoms with Gasteiger partial charge in [-0.05, 0) is 38.4 Å². The van der Waals surface area contributed by atoms with Gasteiger partial charge in [-0.3, -0.25) is 4.79 Å². The Morgan fingerprint density at radius 3 is 2.88 bits per heavy atom. The van der Waals surface area contributed by atoms with Crippen LogP contribution in [0.3, 0.4) is 0 Å². The maximum absolute atomic E-state index is 11.5. The molecule has 5 heteroatoms. The summed E-state index contributed by atoms with van der Waals surface area (Å²) in [5.74, 6) is 0.0745. The molecule has 0 saturated carbocycles. The summed E-state index contributed by atoms with van der Waals surface area (Å²) in [6.45, 7) is 2.60. The van der Waals surface area contributed by atoms with Crippen LogP contribution in [-0.2, 0) is 4.79 Å². The van der Waals surface area contributed by atoms with E-state index in [-0.39, 0.29) is 11.9 Å². The Hall–Kier alpha value is -0.580. The monoisotopic (exact) mass is 260 g/mol. The molecule has 1 aromatic heterocycles. The molecule has 1 atom stereocenters. The quantitative estimate of drug-likeness (QED) is 0.773. The predicted molar refractivity (Wildman–Crippen MR) is 68.8 cm³/mol. The van der Waals surface area contributed by atoms with Crippen LogP contribution in [-0.4, -0.2) is 12.5 Å². The topological polar surface area (TPSA) is 55.1 Å². The zero-order valence-corrected chi connectivity index (χ0v) is 10.9. The molecule has 90 valence electrons. The van der Waals surface area contributed by atoms with E-state index in [9.17, 15) is 4.79 Å². The molecule has 0 radical (unpaired) electrons. The molecule has 1 unspecified atom stereocenters. The van der Waals surface area contributed by atoms with E-state index in [0.29, 0.717) is 13.0 Å². The largest absolute Gasteiger partial charge is 0.349 e. The lowest BCUT2D eigenvalue weighted by atomic mass is 10.2. The fourth-order valence-corrected chi connectivity index (χ4v) is 2.44. The van der Waals surface area contributed by atoms with E-state index < -0.39 is 0 Å². The van der Waals surface area contributed by atoms with E-state index in [4.69, 9.17) is 17.3 Å². The molecule has 0 aromatic carbocycles. The maximum Gasteiger partial charge on any atom is 0.220 e. The van der Waals surface area contributed by atoms with E-state index in [2.05, 4.69) is 5.32 Å². The molecule has 16 heavy (non-hydrogen) atoms.